The molecule has 1 aliphatic carbocycles. The summed E-state index contributed by atoms with van der Waals surface area (Å²) in [6.45, 7) is 0.266. The van der Waals surface area contributed by atoms with E-state index in [1.807, 2.05) is 6.07 Å². The fourth-order valence-corrected chi connectivity index (χ4v) is 2.53. The Balaban J connectivity index is 1.77. The monoisotopic (exact) mass is 278 g/mol. The van der Waals surface area contributed by atoms with Crippen LogP contribution in [0.5, 0.6) is 0 Å². The fraction of sp³-hybridized carbons (Fsp3) is 0.600. The van der Waals surface area contributed by atoms with Gasteiger partial charge in [0.05, 0.1) is 24.9 Å². The van der Waals surface area contributed by atoms with Crippen LogP contribution < -0.4 is 5.32 Å². The van der Waals surface area contributed by atoms with Crippen molar-refractivity contribution < 1.29 is 14.6 Å². The van der Waals surface area contributed by atoms with Gasteiger partial charge in [0, 0.05) is 6.20 Å². The molecule has 1 aromatic heterocycles. The number of rotatable bonds is 5. The van der Waals surface area contributed by atoms with Crippen molar-refractivity contribution in [2.45, 2.75) is 38.1 Å². The third-order valence-corrected chi connectivity index (χ3v) is 3.69. The average Bonchev–Trinajstić information content (AvgIpc) is 2.52. The molecule has 1 atom stereocenters. The van der Waals surface area contributed by atoms with E-state index in [0.717, 1.165) is 12.8 Å². The molecule has 1 aromatic rings. The largest absolute Gasteiger partial charge is 0.449 e. The summed E-state index contributed by atoms with van der Waals surface area (Å²) in [4.78, 5) is 15.9. The lowest BCUT2D eigenvalue weighted by molar-refractivity contribution is 0.108. The van der Waals surface area contributed by atoms with Crippen LogP contribution in [0.2, 0.25) is 0 Å². The second kappa shape index (κ2) is 7.85. The number of aliphatic hydroxyl groups excluding tert-OH is 1. The minimum atomic E-state index is -0.518. The molecule has 0 radical (unpaired) electrons. The number of alkyl carbamates (subject to hydrolysis) is 1. The summed E-state index contributed by atoms with van der Waals surface area (Å²) in [7, 11) is 0. The first-order valence-corrected chi connectivity index (χ1v) is 7.24. The predicted octanol–water partition coefficient (Wildman–Crippen LogP) is 2.42. The SMILES string of the molecule is O=C(NC(CO)c1ccccn1)OCC1CCCCC1. The maximum atomic E-state index is 11.8. The molecule has 0 aromatic carbocycles. The van der Waals surface area contributed by atoms with E-state index in [4.69, 9.17) is 4.74 Å². The highest BCUT2D eigenvalue weighted by Crippen LogP contribution is 2.23. The molecule has 110 valence electrons. The lowest BCUT2D eigenvalue weighted by Gasteiger charge is -2.22. The molecule has 1 unspecified atom stereocenters. The summed E-state index contributed by atoms with van der Waals surface area (Å²) in [6, 6.07) is 4.86. The third-order valence-electron chi connectivity index (χ3n) is 3.69. The van der Waals surface area contributed by atoms with Crippen molar-refractivity contribution in [2.24, 2.45) is 5.92 Å². The Kier molecular flexibility index (Phi) is 5.80. The summed E-state index contributed by atoms with van der Waals surface area (Å²) >= 11 is 0. The van der Waals surface area contributed by atoms with Gasteiger partial charge in [-0.05, 0) is 30.9 Å². The number of nitrogens with zero attached hydrogens (tertiary/aromatic N) is 1. The number of pyridine rings is 1. The molecule has 5 nitrogen and oxygen atoms in total. The molecule has 0 spiro atoms. The summed E-state index contributed by atoms with van der Waals surface area (Å²) in [6.07, 6.45) is 7.15. The smallest absolute Gasteiger partial charge is 0.407 e. The molecule has 1 saturated carbocycles. The number of carbonyl (C=O) groups is 1. The molecule has 2 N–H and O–H groups in total. The van der Waals surface area contributed by atoms with E-state index in [1.54, 1.807) is 18.3 Å². The summed E-state index contributed by atoms with van der Waals surface area (Å²) in [5, 5.41) is 12.0. The van der Waals surface area contributed by atoms with Gasteiger partial charge in [0.2, 0.25) is 0 Å². The quantitative estimate of drug-likeness (QED) is 0.867. The van der Waals surface area contributed by atoms with Crippen LogP contribution >= 0.6 is 0 Å². The van der Waals surface area contributed by atoms with Crippen molar-refractivity contribution in [1.29, 1.82) is 0 Å². The number of aromatic nitrogens is 1. The highest BCUT2D eigenvalue weighted by Gasteiger charge is 2.18. The van der Waals surface area contributed by atoms with Crippen molar-refractivity contribution in [3.63, 3.8) is 0 Å². The van der Waals surface area contributed by atoms with Gasteiger partial charge in [-0.15, -0.1) is 0 Å². The van der Waals surface area contributed by atoms with Crippen LogP contribution in [0.1, 0.15) is 43.8 Å². The van der Waals surface area contributed by atoms with Gasteiger partial charge in [-0.25, -0.2) is 4.79 Å². The summed E-state index contributed by atoms with van der Waals surface area (Å²) in [5.41, 5.74) is 0.629. The van der Waals surface area contributed by atoms with E-state index >= 15 is 0 Å². The number of ether oxygens (including phenoxy) is 1. The molecule has 1 heterocycles. The van der Waals surface area contributed by atoms with Crippen LogP contribution in [0.4, 0.5) is 4.79 Å². The van der Waals surface area contributed by atoms with Gasteiger partial charge >= 0.3 is 6.09 Å². The van der Waals surface area contributed by atoms with Crippen LogP contribution in [0.15, 0.2) is 24.4 Å². The Morgan fingerprint density at radius 2 is 2.20 bits per heavy atom. The molecule has 1 aliphatic rings. The number of hydrogen-bond acceptors (Lipinski definition) is 4. The van der Waals surface area contributed by atoms with Gasteiger partial charge in [0.25, 0.3) is 0 Å². The number of hydrogen-bond donors (Lipinski definition) is 2. The van der Waals surface area contributed by atoms with E-state index < -0.39 is 12.1 Å². The number of carbonyl (C=O) groups excluding carboxylic acids is 1. The first kappa shape index (κ1) is 14.8. The first-order chi connectivity index (χ1) is 9.79. The first-order valence-electron chi connectivity index (χ1n) is 7.24. The zero-order valence-corrected chi connectivity index (χ0v) is 11.6. The van der Waals surface area contributed by atoms with E-state index in [0.29, 0.717) is 18.2 Å². The number of nitrogens with one attached hydrogen (secondary N) is 1. The van der Waals surface area contributed by atoms with Gasteiger partial charge in [-0.1, -0.05) is 25.3 Å². The standard InChI is InChI=1S/C15H22N2O3/c18-10-14(13-8-4-5-9-16-13)17-15(19)20-11-12-6-2-1-3-7-12/h4-5,8-9,12,14,18H,1-3,6-7,10-11H2,(H,17,19). The normalized spacial score (nSPS) is 17.4. The maximum absolute atomic E-state index is 11.8. The molecule has 0 aliphatic heterocycles. The van der Waals surface area contributed by atoms with Gasteiger partial charge in [-0.3, -0.25) is 4.98 Å². The van der Waals surface area contributed by atoms with Gasteiger partial charge < -0.3 is 15.2 Å². The van der Waals surface area contributed by atoms with Crippen LogP contribution in [0.3, 0.4) is 0 Å². The predicted molar refractivity (Wildman–Crippen MR) is 75.1 cm³/mol. The van der Waals surface area contributed by atoms with Crippen LogP contribution in [-0.2, 0) is 4.74 Å². The molecular formula is C15H22N2O3. The van der Waals surface area contributed by atoms with Gasteiger partial charge in [0.1, 0.15) is 0 Å². The molecule has 5 heteroatoms. The Bertz CT molecular complexity index is 405. The van der Waals surface area contributed by atoms with Crippen LogP contribution in [0, 0.1) is 5.92 Å². The van der Waals surface area contributed by atoms with Gasteiger partial charge in [-0.2, -0.15) is 0 Å². The van der Waals surface area contributed by atoms with Crippen LogP contribution in [0.25, 0.3) is 0 Å². The molecule has 0 saturated heterocycles. The zero-order valence-electron chi connectivity index (χ0n) is 11.6. The van der Waals surface area contributed by atoms with Crippen molar-refractivity contribution in [3.05, 3.63) is 30.1 Å². The molecule has 20 heavy (non-hydrogen) atoms. The third kappa shape index (κ3) is 4.49. The van der Waals surface area contributed by atoms with Crippen LogP contribution in [-0.4, -0.2) is 29.4 Å². The maximum Gasteiger partial charge on any atom is 0.407 e. The van der Waals surface area contributed by atoms with E-state index in [2.05, 4.69) is 10.3 Å². The van der Waals surface area contributed by atoms with Crippen molar-refractivity contribution in [2.75, 3.05) is 13.2 Å². The molecule has 1 amide bonds. The average molecular weight is 278 g/mol. The Morgan fingerprint density at radius 3 is 2.85 bits per heavy atom. The molecular weight excluding hydrogens is 256 g/mol. The second-order valence-electron chi connectivity index (χ2n) is 5.24. The highest BCUT2D eigenvalue weighted by atomic mass is 16.5. The lowest BCUT2D eigenvalue weighted by atomic mass is 9.90. The molecule has 0 bridgehead atoms. The fourth-order valence-electron chi connectivity index (χ4n) is 2.53. The van der Waals surface area contributed by atoms with E-state index in [9.17, 15) is 9.90 Å². The number of amides is 1. The Hall–Kier alpha value is -1.62. The van der Waals surface area contributed by atoms with Gasteiger partial charge in [0.15, 0.2) is 0 Å². The number of aliphatic hydroxyl groups is 1. The summed E-state index contributed by atoms with van der Waals surface area (Å²) < 4.78 is 5.25. The molecule has 1 fully saturated rings. The molecule has 2 rings (SSSR count). The van der Waals surface area contributed by atoms with E-state index in [-0.39, 0.29) is 6.61 Å². The van der Waals surface area contributed by atoms with Crippen molar-refractivity contribution in [1.82, 2.24) is 10.3 Å². The summed E-state index contributed by atoms with van der Waals surface area (Å²) in [5.74, 6) is 0.483. The topological polar surface area (TPSA) is 71.5 Å². The Labute approximate surface area is 119 Å². The van der Waals surface area contributed by atoms with E-state index in [1.165, 1.54) is 19.3 Å². The minimum absolute atomic E-state index is 0.199. The van der Waals surface area contributed by atoms with Crippen molar-refractivity contribution in [3.8, 4) is 0 Å². The zero-order chi connectivity index (χ0) is 14.2. The Morgan fingerprint density at radius 1 is 1.40 bits per heavy atom. The highest BCUT2D eigenvalue weighted by molar-refractivity contribution is 5.67. The second-order valence-corrected chi connectivity index (χ2v) is 5.24. The lowest BCUT2D eigenvalue weighted by Crippen LogP contribution is -2.33. The van der Waals surface area contributed by atoms with Crippen molar-refractivity contribution >= 4 is 6.09 Å². The minimum Gasteiger partial charge on any atom is -0.449 e.